The van der Waals surface area contributed by atoms with Crippen LogP contribution in [0.1, 0.15) is 26.2 Å². The molecule has 0 radical (unpaired) electrons. The fourth-order valence-corrected chi connectivity index (χ4v) is 3.69. The fourth-order valence-electron chi connectivity index (χ4n) is 2.80. The third kappa shape index (κ3) is 3.17. The molecule has 0 amide bonds. The summed E-state index contributed by atoms with van der Waals surface area (Å²) in [6, 6.07) is -0.156. The Morgan fingerprint density at radius 1 is 1.39 bits per heavy atom. The van der Waals surface area contributed by atoms with Gasteiger partial charge in [0, 0.05) is 28.5 Å². The topological polar surface area (TPSA) is 105 Å². The van der Waals surface area contributed by atoms with Gasteiger partial charge in [0.25, 0.3) is 0 Å². The van der Waals surface area contributed by atoms with E-state index in [0.717, 1.165) is 19.1 Å². The van der Waals surface area contributed by atoms with Crippen molar-refractivity contribution in [2.75, 3.05) is 11.6 Å². The second-order valence-electron chi connectivity index (χ2n) is 6.09. The Morgan fingerprint density at radius 2 is 2.13 bits per heavy atom. The molecule has 2 heterocycles. The van der Waals surface area contributed by atoms with E-state index in [4.69, 9.17) is 0 Å². The molecule has 0 unspecified atom stereocenters. The SMILES string of the molecule is C[C@@]1(O)CCC[C@H]1Nc1ncc(Br)c2cnc(S(C)(=O)=O)nc12. The lowest BCUT2D eigenvalue weighted by atomic mass is 10.0. The average Bonchev–Trinajstić information content (AvgIpc) is 2.79. The minimum absolute atomic E-state index is 0.156. The minimum Gasteiger partial charge on any atom is -0.388 e. The van der Waals surface area contributed by atoms with Gasteiger partial charge >= 0.3 is 0 Å². The highest BCUT2D eigenvalue weighted by molar-refractivity contribution is 9.10. The summed E-state index contributed by atoms with van der Waals surface area (Å²) in [6.07, 6.45) is 6.58. The average molecular weight is 401 g/mol. The van der Waals surface area contributed by atoms with Crippen LogP contribution in [0.3, 0.4) is 0 Å². The number of rotatable bonds is 3. The Morgan fingerprint density at radius 3 is 2.74 bits per heavy atom. The van der Waals surface area contributed by atoms with Crippen molar-refractivity contribution in [1.29, 1.82) is 0 Å². The molecule has 0 saturated heterocycles. The summed E-state index contributed by atoms with van der Waals surface area (Å²) >= 11 is 3.37. The second-order valence-corrected chi connectivity index (χ2v) is 8.85. The van der Waals surface area contributed by atoms with Gasteiger partial charge in [0.15, 0.2) is 5.82 Å². The molecular weight excluding hydrogens is 384 g/mol. The second kappa shape index (κ2) is 5.64. The normalized spacial score (nSPS) is 25.0. The van der Waals surface area contributed by atoms with Crippen LogP contribution in [0.5, 0.6) is 0 Å². The molecule has 2 aromatic rings. The summed E-state index contributed by atoms with van der Waals surface area (Å²) in [5.74, 6) is 0.447. The van der Waals surface area contributed by atoms with Crippen LogP contribution in [0.15, 0.2) is 22.0 Å². The third-order valence-electron chi connectivity index (χ3n) is 4.12. The van der Waals surface area contributed by atoms with Gasteiger partial charge in [-0.3, -0.25) is 0 Å². The van der Waals surface area contributed by atoms with Gasteiger partial charge in [-0.1, -0.05) is 0 Å². The number of halogens is 1. The van der Waals surface area contributed by atoms with Crippen molar-refractivity contribution >= 4 is 42.5 Å². The van der Waals surface area contributed by atoms with E-state index >= 15 is 0 Å². The van der Waals surface area contributed by atoms with E-state index in [1.54, 1.807) is 13.1 Å². The first-order valence-corrected chi connectivity index (χ1v) is 9.87. The van der Waals surface area contributed by atoms with Crippen molar-refractivity contribution in [3.63, 3.8) is 0 Å². The molecule has 23 heavy (non-hydrogen) atoms. The quantitative estimate of drug-likeness (QED) is 0.757. The van der Waals surface area contributed by atoms with E-state index in [-0.39, 0.29) is 11.2 Å². The Balaban J connectivity index is 2.11. The predicted molar refractivity (Wildman–Crippen MR) is 90.0 cm³/mol. The maximum atomic E-state index is 11.7. The maximum absolute atomic E-state index is 11.7. The smallest absolute Gasteiger partial charge is 0.247 e. The van der Waals surface area contributed by atoms with E-state index in [2.05, 4.69) is 36.2 Å². The lowest BCUT2D eigenvalue weighted by Crippen LogP contribution is -2.39. The highest BCUT2D eigenvalue weighted by Crippen LogP contribution is 2.34. The number of hydrogen-bond acceptors (Lipinski definition) is 7. The fraction of sp³-hybridized carbons (Fsp3) is 0.500. The van der Waals surface area contributed by atoms with Crippen LogP contribution in [0.25, 0.3) is 10.9 Å². The number of aliphatic hydroxyl groups is 1. The Kier molecular flexibility index (Phi) is 4.06. The zero-order chi connectivity index (χ0) is 16.8. The molecule has 1 fully saturated rings. The van der Waals surface area contributed by atoms with E-state index in [0.29, 0.717) is 27.6 Å². The summed E-state index contributed by atoms with van der Waals surface area (Å²) in [5.41, 5.74) is -0.411. The number of nitrogens with zero attached hydrogens (tertiary/aromatic N) is 3. The molecule has 0 spiro atoms. The van der Waals surface area contributed by atoms with Gasteiger partial charge in [0.05, 0.1) is 11.6 Å². The Bertz CT molecular complexity index is 870. The van der Waals surface area contributed by atoms with Gasteiger partial charge in [-0.25, -0.2) is 23.4 Å². The number of fused-ring (bicyclic) bond motifs is 1. The zero-order valence-corrected chi connectivity index (χ0v) is 15.1. The predicted octanol–water partition coefficient (Wildman–Crippen LogP) is 1.91. The number of hydrogen-bond donors (Lipinski definition) is 2. The van der Waals surface area contributed by atoms with Crippen molar-refractivity contribution in [3.05, 3.63) is 16.9 Å². The first kappa shape index (κ1) is 16.5. The minimum atomic E-state index is -3.52. The van der Waals surface area contributed by atoms with Crippen molar-refractivity contribution in [3.8, 4) is 0 Å². The van der Waals surface area contributed by atoms with Crippen molar-refractivity contribution < 1.29 is 13.5 Å². The van der Waals surface area contributed by atoms with Crippen LogP contribution in [-0.4, -0.2) is 46.4 Å². The molecule has 124 valence electrons. The van der Waals surface area contributed by atoms with Crippen molar-refractivity contribution in [2.24, 2.45) is 0 Å². The van der Waals surface area contributed by atoms with Gasteiger partial charge in [0.2, 0.25) is 15.0 Å². The van der Waals surface area contributed by atoms with Crippen LogP contribution >= 0.6 is 15.9 Å². The van der Waals surface area contributed by atoms with Crippen LogP contribution in [0.2, 0.25) is 0 Å². The van der Waals surface area contributed by atoms with Gasteiger partial charge < -0.3 is 10.4 Å². The summed E-state index contributed by atoms with van der Waals surface area (Å²) in [6.45, 7) is 1.79. The molecule has 1 aliphatic carbocycles. The standard InChI is InChI=1S/C14H17BrN4O3S/c1-14(20)5-3-4-10(14)18-12-11-8(9(15)7-16-12)6-17-13(19-11)23(2,21)22/h6-7,10,20H,3-5H2,1-2H3,(H,16,18)/t10-,14-/m1/s1. The monoisotopic (exact) mass is 400 g/mol. The van der Waals surface area contributed by atoms with E-state index in [9.17, 15) is 13.5 Å². The summed E-state index contributed by atoms with van der Waals surface area (Å²) < 4.78 is 24.1. The lowest BCUT2D eigenvalue weighted by Gasteiger charge is -2.27. The molecule has 2 N–H and O–H groups in total. The van der Waals surface area contributed by atoms with Gasteiger partial charge in [0.1, 0.15) is 5.52 Å². The Labute approximate surface area is 142 Å². The van der Waals surface area contributed by atoms with Crippen LogP contribution < -0.4 is 5.32 Å². The third-order valence-corrected chi connectivity index (χ3v) is 5.62. The summed E-state index contributed by atoms with van der Waals surface area (Å²) in [7, 11) is -3.52. The van der Waals surface area contributed by atoms with Crippen molar-refractivity contribution in [1.82, 2.24) is 15.0 Å². The molecule has 0 bridgehead atoms. The molecule has 3 rings (SSSR count). The maximum Gasteiger partial charge on any atom is 0.247 e. The molecule has 0 aliphatic heterocycles. The first-order valence-electron chi connectivity index (χ1n) is 7.19. The van der Waals surface area contributed by atoms with Gasteiger partial charge in [-0.15, -0.1) is 0 Å². The van der Waals surface area contributed by atoms with Gasteiger partial charge in [-0.2, -0.15) is 0 Å². The number of anilines is 1. The lowest BCUT2D eigenvalue weighted by molar-refractivity contribution is 0.0578. The Hall–Kier alpha value is -1.32. The summed E-state index contributed by atoms with van der Waals surface area (Å²) in [5, 5.41) is 14.0. The van der Waals surface area contributed by atoms with Crippen LogP contribution in [-0.2, 0) is 9.84 Å². The molecule has 0 aromatic carbocycles. The summed E-state index contributed by atoms with van der Waals surface area (Å²) in [4.78, 5) is 12.4. The molecular formula is C14H17BrN4O3S. The van der Waals surface area contributed by atoms with Crippen LogP contribution in [0, 0.1) is 0 Å². The van der Waals surface area contributed by atoms with Crippen LogP contribution in [0.4, 0.5) is 5.82 Å². The van der Waals surface area contributed by atoms with Crippen molar-refractivity contribution in [2.45, 2.75) is 43.0 Å². The molecule has 1 saturated carbocycles. The molecule has 1 aliphatic rings. The largest absolute Gasteiger partial charge is 0.388 e. The number of sulfone groups is 1. The van der Waals surface area contributed by atoms with E-state index < -0.39 is 15.4 Å². The first-order chi connectivity index (χ1) is 10.7. The number of aromatic nitrogens is 3. The molecule has 2 atom stereocenters. The van der Waals surface area contributed by atoms with Gasteiger partial charge in [-0.05, 0) is 42.1 Å². The number of nitrogens with one attached hydrogen (secondary N) is 1. The molecule has 2 aromatic heterocycles. The molecule has 7 nitrogen and oxygen atoms in total. The van der Waals surface area contributed by atoms with E-state index in [1.807, 2.05) is 0 Å². The van der Waals surface area contributed by atoms with E-state index in [1.165, 1.54) is 6.20 Å². The highest BCUT2D eigenvalue weighted by Gasteiger charge is 2.37. The zero-order valence-electron chi connectivity index (χ0n) is 12.7. The molecule has 9 heteroatoms. The number of pyridine rings is 1. The highest BCUT2D eigenvalue weighted by atomic mass is 79.9.